The maximum atomic E-state index is 8.86. The molecule has 3 N–H and O–H groups in total. The van der Waals surface area contributed by atoms with E-state index in [-0.39, 0.29) is 5.41 Å². The minimum atomic E-state index is -0.262. The smallest absolute Gasteiger partial charge is 0.0697 e. The second-order valence-corrected chi connectivity index (χ2v) is 5.00. The molecule has 3 heteroatoms. The van der Waals surface area contributed by atoms with Gasteiger partial charge >= 0.3 is 0 Å². The Morgan fingerprint density at radius 2 is 2.21 bits per heavy atom. The highest BCUT2D eigenvalue weighted by molar-refractivity contribution is 4.94. The van der Waals surface area contributed by atoms with E-state index in [2.05, 4.69) is 11.4 Å². The molecular weight excluding hydrogens is 174 g/mol. The van der Waals surface area contributed by atoms with Gasteiger partial charge in [-0.15, -0.1) is 0 Å². The average molecular weight is 195 g/mol. The Morgan fingerprint density at radius 3 is 2.79 bits per heavy atom. The average Bonchev–Trinajstić information content (AvgIpc) is 2.15. The molecule has 0 radical (unpaired) electrons. The molecular formula is C11H21N3. The molecule has 0 aromatic heterocycles. The third-order valence-corrected chi connectivity index (χ3v) is 2.85. The third kappa shape index (κ3) is 3.65. The van der Waals surface area contributed by atoms with E-state index < -0.39 is 0 Å². The molecule has 0 amide bonds. The van der Waals surface area contributed by atoms with Crippen LogP contribution in [0.15, 0.2) is 0 Å². The number of hydrogen-bond acceptors (Lipinski definition) is 3. The molecule has 1 rings (SSSR count). The summed E-state index contributed by atoms with van der Waals surface area (Å²) in [6.07, 6.45) is 4.63. The Morgan fingerprint density at radius 1 is 1.50 bits per heavy atom. The minimum absolute atomic E-state index is 0.262. The summed E-state index contributed by atoms with van der Waals surface area (Å²) in [7, 11) is 0. The molecule has 0 spiro atoms. The molecule has 0 aromatic carbocycles. The summed E-state index contributed by atoms with van der Waals surface area (Å²) in [5, 5.41) is 12.3. The molecule has 14 heavy (non-hydrogen) atoms. The number of nitrogens with one attached hydrogen (secondary N) is 1. The topological polar surface area (TPSA) is 61.8 Å². The van der Waals surface area contributed by atoms with Crippen LogP contribution in [0.3, 0.4) is 0 Å². The van der Waals surface area contributed by atoms with Crippen molar-refractivity contribution in [3.63, 3.8) is 0 Å². The lowest BCUT2D eigenvalue weighted by Gasteiger charge is -2.29. The van der Waals surface area contributed by atoms with E-state index in [9.17, 15) is 0 Å². The normalized spacial score (nSPS) is 28.4. The monoisotopic (exact) mass is 195 g/mol. The van der Waals surface area contributed by atoms with Crippen molar-refractivity contribution in [2.75, 3.05) is 6.54 Å². The largest absolute Gasteiger partial charge is 0.328 e. The Bertz CT molecular complexity index is 217. The fourth-order valence-corrected chi connectivity index (χ4v) is 1.85. The van der Waals surface area contributed by atoms with Crippen LogP contribution >= 0.6 is 0 Å². The van der Waals surface area contributed by atoms with Gasteiger partial charge in [0.2, 0.25) is 0 Å². The van der Waals surface area contributed by atoms with Crippen LogP contribution in [0, 0.1) is 16.7 Å². The number of nitrogens with two attached hydrogens (primary N) is 1. The quantitative estimate of drug-likeness (QED) is 0.715. The van der Waals surface area contributed by atoms with Gasteiger partial charge in [0.25, 0.3) is 0 Å². The van der Waals surface area contributed by atoms with Crippen molar-refractivity contribution in [3.05, 3.63) is 0 Å². The number of rotatable bonds is 3. The summed E-state index contributed by atoms with van der Waals surface area (Å²) < 4.78 is 0. The fourth-order valence-electron chi connectivity index (χ4n) is 1.85. The van der Waals surface area contributed by atoms with Gasteiger partial charge in [0.15, 0.2) is 0 Å². The molecule has 1 aliphatic rings. The fraction of sp³-hybridized carbons (Fsp3) is 0.909. The highest BCUT2D eigenvalue weighted by Gasteiger charge is 2.22. The second-order valence-electron chi connectivity index (χ2n) is 5.00. The first-order valence-electron chi connectivity index (χ1n) is 5.44. The minimum Gasteiger partial charge on any atom is -0.328 e. The third-order valence-electron chi connectivity index (χ3n) is 2.85. The zero-order valence-electron chi connectivity index (χ0n) is 9.21. The molecule has 0 aromatic rings. The predicted molar refractivity (Wildman–Crippen MR) is 57.6 cm³/mol. The molecule has 2 atom stereocenters. The molecule has 0 bridgehead atoms. The number of hydrogen-bond donors (Lipinski definition) is 2. The van der Waals surface area contributed by atoms with E-state index in [4.69, 9.17) is 11.0 Å². The Kier molecular flexibility index (Phi) is 3.91. The van der Waals surface area contributed by atoms with Gasteiger partial charge in [-0.25, -0.2) is 0 Å². The van der Waals surface area contributed by atoms with Crippen LogP contribution in [0.2, 0.25) is 0 Å². The first kappa shape index (κ1) is 11.5. The van der Waals surface area contributed by atoms with Gasteiger partial charge in [-0.3, -0.25) is 0 Å². The van der Waals surface area contributed by atoms with Crippen LogP contribution in [0.5, 0.6) is 0 Å². The lowest BCUT2D eigenvalue weighted by molar-refractivity contribution is 0.311. The molecule has 0 saturated heterocycles. The van der Waals surface area contributed by atoms with Crippen LogP contribution in [-0.2, 0) is 0 Å². The maximum absolute atomic E-state index is 8.86. The van der Waals surface area contributed by atoms with E-state index in [1.165, 1.54) is 12.8 Å². The van der Waals surface area contributed by atoms with Gasteiger partial charge in [-0.1, -0.05) is 6.42 Å². The SMILES string of the molecule is CC(C)(C#N)CNC1CCCC(N)C1. The van der Waals surface area contributed by atoms with Crippen molar-refractivity contribution in [2.24, 2.45) is 11.1 Å². The van der Waals surface area contributed by atoms with Crippen molar-refractivity contribution in [2.45, 2.75) is 51.6 Å². The van der Waals surface area contributed by atoms with Gasteiger partial charge in [0, 0.05) is 18.6 Å². The van der Waals surface area contributed by atoms with E-state index >= 15 is 0 Å². The van der Waals surface area contributed by atoms with Crippen molar-refractivity contribution in [1.82, 2.24) is 5.32 Å². The summed E-state index contributed by atoms with van der Waals surface area (Å²) in [5.74, 6) is 0. The molecule has 1 saturated carbocycles. The lowest BCUT2D eigenvalue weighted by Crippen LogP contribution is -2.42. The van der Waals surface area contributed by atoms with Gasteiger partial charge in [0.05, 0.1) is 11.5 Å². The molecule has 0 heterocycles. The summed E-state index contributed by atoms with van der Waals surface area (Å²) in [4.78, 5) is 0. The van der Waals surface area contributed by atoms with Crippen LogP contribution in [0.25, 0.3) is 0 Å². The zero-order chi connectivity index (χ0) is 10.6. The standard InChI is InChI=1S/C11H21N3/c1-11(2,7-12)8-14-10-5-3-4-9(13)6-10/h9-10,14H,3-6,8,13H2,1-2H3. The van der Waals surface area contributed by atoms with Gasteiger partial charge in [-0.2, -0.15) is 5.26 Å². The van der Waals surface area contributed by atoms with Crippen molar-refractivity contribution in [3.8, 4) is 6.07 Å². The van der Waals surface area contributed by atoms with E-state index in [0.717, 1.165) is 19.4 Å². The Hall–Kier alpha value is -0.590. The van der Waals surface area contributed by atoms with E-state index in [1.807, 2.05) is 13.8 Å². The van der Waals surface area contributed by atoms with Crippen molar-refractivity contribution >= 4 is 0 Å². The van der Waals surface area contributed by atoms with Gasteiger partial charge in [-0.05, 0) is 33.1 Å². The van der Waals surface area contributed by atoms with Crippen molar-refractivity contribution < 1.29 is 0 Å². The first-order valence-corrected chi connectivity index (χ1v) is 5.44. The Labute approximate surface area is 86.7 Å². The zero-order valence-corrected chi connectivity index (χ0v) is 9.21. The van der Waals surface area contributed by atoms with Gasteiger partial charge < -0.3 is 11.1 Å². The molecule has 3 nitrogen and oxygen atoms in total. The van der Waals surface area contributed by atoms with Crippen LogP contribution in [-0.4, -0.2) is 18.6 Å². The van der Waals surface area contributed by atoms with Crippen LogP contribution < -0.4 is 11.1 Å². The molecule has 80 valence electrons. The van der Waals surface area contributed by atoms with Gasteiger partial charge in [0.1, 0.15) is 0 Å². The summed E-state index contributed by atoms with van der Waals surface area (Å²) in [5.41, 5.74) is 5.63. The molecule has 1 aliphatic carbocycles. The summed E-state index contributed by atoms with van der Waals surface area (Å²) in [6.45, 7) is 4.69. The van der Waals surface area contributed by atoms with E-state index in [0.29, 0.717) is 12.1 Å². The molecule has 2 unspecified atom stereocenters. The van der Waals surface area contributed by atoms with Crippen molar-refractivity contribution in [1.29, 1.82) is 5.26 Å². The van der Waals surface area contributed by atoms with Crippen LogP contribution in [0.4, 0.5) is 0 Å². The predicted octanol–water partition coefficient (Wildman–Crippen LogP) is 1.40. The second kappa shape index (κ2) is 4.77. The van der Waals surface area contributed by atoms with E-state index in [1.54, 1.807) is 0 Å². The number of nitriles is 1. The first-order chi connectivity index (χ1) is 6.53. The summed E-state index contributed by atoms with van der Waals surface area (Å²) >= 11 is 0. The van der Waals surface area contributed by atoms with Crippen LogP contribution in [0.1, 0.15) is 39.5 Å². The Balaban J connectivity index is 2.28. The maximum Gasteiger partial charge on any atom is 0.0697 e. The number of nitrogens with zero attached hydrogens (tertiary/aromatic N) is 1. The highest BCUT2D eigenvalue weighted by Crippen LogP contribution is 2.18. The molecule has 0 aliphatic heterocycles. The summed E-state index contributed by atoms with van der Waals surface area (Å²) in [6, 6.07) is 3.17. The lowest BCUT2D eigenvalue weighted by atomic mass is 9.89. The highest BCUT2D eigenvalue weighted by atomic mass is 14.9. The molecule has 1 fully saturated rings.